The second-order valence-corrected chi connectivity index (χ2v) is 6.99. The van der Waals surface area contributed by atoms with Crippen molar-refractivity contribution < 1.29 is 29.2 Å². The number of aliphatic hydroxyl groups is 2. The van der Waals surface area contributed by atoms with Crippen LogP contribution in [0, 0.1) is 0 Å². The van der Waals surface area contributed by atoms with Crippen LogP contribution in [0.2, 0.25) is 0 Å². The predicted molar refractivity (Wildman–Crippen MR) is 113 cm³/mol. The highest BCUT2D eigenvalue weighted by molar-refractivity contribution is 7.98. The van der Waals surface area contributed by atoms with Crippen molar-refractivity contribution in [1.82, 2.24) is 0 Å². The maximum Gasteiger partial charge on any atom is 0.412 e. The fraction of sp³-hybridized carbons (Fsp3) is 0.381. The number of ether oxygens (including phenoxy) is 3. The first-order valence-corrected chi connectivity index (χ1v) is 10.4. The van der Waals surface area contributed by atoms with Gasteiger partial charge in [-0.3, -0.25) is 5.32 Å². The Balaban J connectivity index is 2.13. The van der Waals surface area contributed by atoms with Gasteiger partial charge in [0.15, 0.2) is 6.10 Å². The van der Waals surface area contributed by atoms with Gasteiger partial charge >= 0.3 is 6.09 Å². The summed E-state index contributed by atoms with van der Waals surface area (Å²) in [6, 6.07) is 14.4. The molecule has 0 aromatic heterocycles. The molecular weight excluding hydrogens is 394 g/mol. The molecule has 0 bridgehead atoms. The molecule has 2 atom stereocenters. The number of amides is 1. The zero-order valence-corrected chi connectivity index (χ0v) is 17.4. The lowest BCUT2D eigenvalue weighted by molar-refractivity contribution is -0.0306. The quantitative estimate of drug-likeness (QED) is 0.478. The summed E-state index contributed by atoms with van der Waals surface area (Å²) in [4.78, 5) is 13.6. The number of anilines is 1. The molecule has 0 unspecified atom stereocenters. The number of hydrogen-bond donors (Lipinski definition) is 3. The van der Waals surface area contributed by atoms with E-state index in [0.717, 1.165) is 4.90 Å². The molecule has 0 radical (unpaired) electrons. The molecule has 0 spiro atoms. The van der Waals surface area contributed by atoms with Crippen molar-refractivity contribution in [1.29, 1.82) is 0 Å². The minimum atomic E-state index is -0.718. The fourth-order valence-corrected chi connectivity index (χ4v) is 3.14. The average Bonchev–Trinajstić information content (AvgIpc) is 2.75. The molecule has 1 amide bonds. The molecule has 2 aromatic carbocycles. The van der Waals surface area contributed by atoms with E-state index in [-0.39, 0.29) is 19.8 Å². The van der Waals surface area contributed by atoms with Crippen LogP contribution in [0.15, 0.2) is 53.4 Å². The Morgan fingerprint density at radius 1 is 1.07 bits per heavy atom. The van der Waals surface area contributed by atoms with Gasteiger partial charge in [0.05, 0.1) is 6.61 Å². The average molecular weight is 422 g/mol. The van der Waals surface area contributed by atoms with Crippen LogP contribution in [0.3, 0.4) is 0 Å². The summed E-state index contributed by atoms with van der Waals surface area (Å²) in [5.41, 5.74) is 1.32. The van der Waals surface area contributed by atoms with Gasteiger partial charge in [-0.1, -0.05) is 12.1 Å². The molecule has 0 aliphatic heterocycles. The number of aliphatic hydroxyl groups excluding tert-OH is 2. The predicted octanol–water partition coefficient (Wildman–Crippen LogP) is 3.47. The van der Waals surface area contributed by atoms with Crippen molar-refractivity contribution in [2.75, 3.05) is 38.5 Å². The zero-order valence-electron chi connectivity index (χ0n) is 16.5. The lowest BCUT2D eigenvalue weighted by atomic mass is 10.0. The molecule has 0 heterocycles. The molecule has 0 aliphatic rings. The normalized spacial score (nSPS) is 12.8. The molecule has 0 saturated heterocycles. The first-order chi connectivity index (χ1) is 14.1. The molecule has 3 N–H and O–H groups in total. The lowest BCUT2D eigenvalue weighted by Crippen LogP contribution is -2.28. The van der Waals surface area contributed by atoms with Crippen LogP contribution >= 0.6 is 11.8 Å². The molecule has 0 saturated carbocycles. The van der Waals surface area contributed by atoms with Crippen LogP contribution in [-0.4, -0.2) is 55.6 Å². The topological polar surface area (TPSA) is 97.2 Å². The van der Waals surface area contributed by atoms with E-state index in [4.69, 9.17) is 19.3 Å². The number of carbonyl (C=O) groups is 1. The molecule has 2 rings (SSSR count). The number of nitrogens with one attached hydrogen (secondary N) is 1. The molecule has 0 fully saturated rings. The SMILES string of the molecule is CO[C@@H](CCO)[C@@H](OC(=O)Nc1ccc(SC)cc1)c1ccc(OCCO)cc1. The van der Waals surface area contributed by atoms with Crippen LogP contribution in [-0.2, 0) is 9.47 Å². The van der Waals surface area contributed by atoms with E-state index in [1.165, 1.54) is 7.11 Å². The van der Waals surface area contributed by atoms with Gasteiger partial charge in [-0.2, -0.15) is 0 Å². The van der Waals surface area contributed by atoms with E-state index in [2.05, 4.69) is 5.32 Å². The Bertz CT molecular complexity index is 738. The van der Waals surface area contributed by atoms with Crippen LogP contribution in [0.4, 0.5) is 10.5 Å². The Morgan fingerprint density at radius 2 is 1.76 bits per heavy atom. The first-order valence-electron chi connectivity index (χ1n) is 9.20. The maximum absolute atomic E-state index is 12.5. The van der Waals surface area contributed by atoms with E-state index in [1.54, 1.807) is 48.2 Å². The minimum absolute atomic E-state index is 0.0756. The van der Waals surface area contributed by atoms with E-state index in [1.807, 2.05) is 18.4 Å². The second-order valence-electron chi connectivity index (χ2n) is 6.11. The van der Waals surface area contributed by atoms with Crippen molar-refractivity contribution in [2.24, 2.45) is 0 Å². The third-order valence-corrected chi connectivity index (χ3v) is 4.94. The highest BCUT2D eigenvalue weighted by Crippen LogP contribution is 2.28. The molecular formula is C21H27NO6S. The van der Waals surface area contributed by atoms with Crippen molar-refractivity contribution in [3.05, 3.63) is 54.1 Å². The number of thioether (sulfide) groups is 1. The van der Waals surface area contributed by atoms with Crippen molar-refractivity contribution in [3.63, 3.8) is 0 Å². The summed E-state index contributed by atoms with van der Waals surface area (Å²) < 4.78 is 16.5. The number of benzene rings is 2. The Kier molecular flexibility index (Phi) is 9.79. The summed E-state index contributed by atoms with van der Waals surface area (Å²) in [6.45, 7) is 0.0177. The van der Waals surface area contributed by atoms with Gasteiger partial charge in [-0.15, -0.1) is 11.8 Å². The second kappa shape index (κ2) is 12.3. The van der Waals surface area contributed by atoms with Gasteiger partial charge in [0.25, 0.3) is 0 Å². The van der Waals surface area contributed by atoms with E-state index < -0.39 is 18.3 Å². The van der Waals surface area contributed by atoms with Crippen LogP contribution in [0.25, 0.3) is 0 Å². The summed E-state index contributed by atoms with van der Waals surface area (Å²) in [5.74, 6) is 0.594. The molecule has 158 valence electrons. The number of hydrogen-bond acceptors (Lipinski definition) is 7. The van der Waals surface area contributed by atoms with Gasteiger partial charge in [0.1, 0.15) is 18.5 Å². The van der Waals surface area contributed by atoms with Gasteiger partial charge in [0.2, 0.25) is 0 Å². The molecule has 29 heavy (non-hydrogen) atoms. The van der Waals surface area contributed by atoms with E-state index in [0.29, 0.717) is 23.4 Å². The summed E-state index contributed by atoms with van der Waals surface area (Å²) in [7, 11) is 1.51. The van der Waals surface area contributed by atoms with Gasteiger partial charge < -0.3 is 24.4 Å². The molecule has 2 aromatic rings. The van der Waals surface area contributed by atoms with E-state index >= 15 is 0 Å². The highest BCUT2D eigenvalue weighted by Gasteiger charge is 2.27. The van der Waals surface area contributed by atoms with Crippen LogP contribution < -0.4 is 10.1 Å². The molecule has 0 aliphatic carbocycles. The van der Waals surface area contributed by atoms with Gasteiger partial charge in [0, 0.05) is 30.7 Å². The van der Waals surface area contributed by atoms with Crippen LogP contribution in [0.5, 0.6) is 5.75 Å². The monoisotopic (exact) mass is 421 g/mol. The standard InChI is InChI=1S/C21H27NO6S/c1-26-19(11-12-23)20(15-3-7-17(8-4-15)27-14-13-24)28-21(25)22-16-5-9-18(29-2)10-6-16/h3-10,19-20,23-24H,11-14H2,1-2H3,(H,22,25)/t19-,20-/m0/s1. The largest absolute Gasteiger partial charge is 0.491 e. The number of rotatable bonds is 11. The van der Waals surface area contributed by atoms with Crippen molar-refractivity contribution in [3.8, 4) is 5.75 Å². The van der Waals surface area contributed by atoms with E-state index in [9.17, 15) is 9.90 Å². The van der Waals surface area contributed by atoms with Crippen molar-refractivity contribution in [2.45, 2.75) is 23.5 Å². The van der Waals surface area contributed by atoms with Gasteiger partial charge in [-0.25, -0.2) is 4.79 Å². The zero-order chi connectivity index (χ0) is 21.1. The highest BCUT2D eigenvalue weighted by atomic mass is 32.2. The Morgan fingerprint density at radius 3 is 2.31 bits per heavy atom. The van der Waals surface area contributed by atoms with Crippen LogP contribution in [0.1, 0.15) is 18.1 Å². The minimum Gasteiger partial charge on any atom is -0.491 e. The number of carbonyl (C=O) groups excluding carboxylic acids is 1. The summed E-state index contributed by atoms with van der Waals surface area (Å²) in [6.07, 6.45) is 0.429. The summed E-state index contributed by atoms with van der Waals surface area (Å²) in [5, 5.41) is 20.9. The lowest BCUT2D eigenvalue weighted by Gasteiger charge is -2.26. The number of methoxy groups -OCH3 is 1. The Hall–Kier alpha value is -2.26. The Labute approximate surface area is 175 Å². The van der Waals surface area contributed by atoms with Crippen molar-refractivity contribution >= 4 is 23.5 Å². The summed E-state index contributed by atoms with van der Waals surface area (Å²) >= 11 is 1.61. The first kappa shape index (κ1) is 23.0. The maximum atomic E-state index is 12.5. The molecule has 7 nitrogen and oxygen atoms in total. The fourth-order valence-electron chi connectivity index (χ4n) is 2.73. The third kappa shape index (κ3) is 7.25. The smallest absolute Gasteiger partial charge is 0.412 e. The third-order valence-electron chi connectivity index (χ3n) is 4.19. The van der Waals surface area contributed by atoms with Gasteiger partial charge in [-0.05, 0) is 48.2 Å². The molecule has 8 heteroatoms.